The first-order chi connectivity index (χ1) is 4.70. The molecule has 2 atom stereocenters. The minimum atomic E-state index is -0.0614. The third-order valence-electron chi connectivity index (χ3n) is 2.21. The molecule has 0 saturated carbocycles. The van der Waals surface area contributed by atoms with Crippen molar-refractivity contribution >= 4 is 0 Å². The van der Waals surface area contributed by atoms with E-state index >= 15 is 0 Å². The molecule has 1 aliphatic heterocycles. The molecule has 0 amide bonds. The Morgan fingerprint density at radius 3 is 2.60 bits per heavy atom. The van der Waals surface area contributed by atoms with E-state index in [1.54, 1.807) is 0 Å². The summed E-state index contributed by atoms with van der Waals surface area (Å²) in [6, 6.07) is 0.531. The lowest BCUT2D eigenvalue weighted by molar-refractivity contribution is 0.105. The van der Waals surface area contributed by atoms with Crippen LogP contribution in [-0.2, 0) is 0 Å². The zero-order valence-corrected chi connectivity index (χ0v) is 6.80. The molecule has 1 heterocycles. The van der Waals surface area contributed by atoms with E-state index in [1.807, 2.05) is 0 Å². The fraction of sp³-hybridized carbons (Fsp3) is 1.00. The Morgan fingerprint density at radius 1 is 1.50 bits per heavy atom. The van der Waals surface area contributed by atoms with Gasteiger partial charge >= 0.3 is 0 Å². The summed E-state index contributed by atoms with van der Waals surface area (Å²) in [7, 11) is 0. The van der Waals surface area contributed by atoms with E-state index in [4.69, 9.17) is 0 Å². The summed E-state index contributed by atoms with van der Waals surface area (Å²) in [4.78, 5) is 0. The van der Waals surface area contributed by atoms with Crippen LogP contribution in [0.1, 0.15) is 26.7 Å². The molecule has 0 aromatic heterocycles. The van der Waals surface area contributed by atoms with E-state index < -0.39 is 0 Å². The average Bonchev–Trinajstić information content (AvgIpc) is 1.88. The van der Waals surface area contributed by atoms with Crippen molar-refractivity contribution in [2.24, 2.45) is 5.92 Å². The van der Waals surface area contributed by atoms with Gasteiger partial charge in [-0.3, -0.25) is 0 Å². The minimum Gasteiger partial charge on any atom is -0.393 e. The van der Waals surface area contributed by atoms with Gasteiger partial charge in [-0.2, -0.15) is 0 Å². The molecule has 60 valence electrons. The van der Waals surface area contributed by atoms with Gasteiger partial charge in [0.2, 0.25) is 0 Å². The highest BCUT2D eigenvalue weighted by Gasteiger charge is 2.21. The maximum Gasteiger partial charge on any atom is 0.0567 e. The molecule has 2 unspecified atom stereocenters. The van der Waals surface area contributed by atoms with Gasteiger partial charge in [-0.1, -0.05) is 13.8 Å². The monoisotopic (exact) mass is 143 g/mol. The second-order valence-corrected chi connectivity index (χ2v) is 3.48. The SMILES string of the molecule is CC(C)C1CC(O)CCN1. The van der Waals surface area contributed by atoms with Gasteiger partial charge < -0.3 is 10.4 Å². The average molecular weight is 143 g/mol. The van der Waals surface area contributed by atoms with Crippen LogP contribution in [0.5, 0.6) is 0 Å². The summed E-state index contributed by atoms with van der Waals surface area (Å²) in [5.74, 6) is 0.648. The largest absolute Gasteiger partial charge is 0.393 e. The van der Waals surface area contributed by atoms with E-state index in [0.717, 1.165) is 19.4 Å². The Labute approximate surface area is 62.6 Å². The second kappa shape index (κ2) is 3.35. The first-order valence-corrected chi connectivity index (χ1v) is 4.11. The Morgan fingerprint density at radius 2 is 2.20 bits per heavy atom. The van der Waals surface area contributed by atoms with Crippen molar-refractivity contribution in [3.8, 4) is 0 Å². The van der Waals surface area contributed by atoms with Crippen LogP contribution in [0.3, 0.4) is 0 Å². The summed E-state index contributed by atoms with van der Waals surface area (Å²) in [5.41, 5.74) is 0. The molecule has 2 nitrogen and oxygen atoms in total. The van der Waals surface area contributed by atoms with Crippen molar-refractivity contribution in [3.05, 3.63) is 0 Å². The molecular formula is C8H17NO. The fourth-order valence-corrected chi connectivity index (χ4v) is 1.44. The van der Waals surface area contributed by atoms with Gasteiger partial charge in [-0.15, -0.1) is 0 Å². The number of hydrogen-bond acceptors (Lipinski definition) is 2. The van der Waals surface area contributed by atoms with Crippen molar-refractivity contribution in [2.45, 2.75) is 38.8 Å². The summed E-state index contributed by atoms with van der Waals surface area (Å²) in [5, 5.41) is 12.7. The molecule has 0 aromatic carbocycles. The lowest BCUT2D eigenvalue weighted by atomic mass is 9.93. The molecule has 0 radical (unpaired) electrons. The Hall–Kier alpha value is -0.0800. The highest BCUT2D eigenvalue weighted by molar-refractivity contribution is 4.79. The molecule has 1 saturated heterocycles. The van der Waals surface area contributed by atoms with E-state index in [2.05, 4.69) is 19.2 Å². The highest BCUT2D eigenvalue weighted by Crippen LogP contribution is 2.14. The summed E-state index contributed by atoms with van der Waals surface area (Å²) < 4.78 is 0. The Kier molecular flexibility index (Phi) is 2.69. The lowest BCUT2D eigenvalue weighted by Gasteiger charge is -2.29. The minimum absolute atomic E-state index is 0.0614. The van der Waals surface area contributed by atoms with Crippen LogP contribution in [0.4, 0.5) is 0 Å². The molecule has 0 aliphatic carbocycles. The number of hydrogen-bond donors (Lipinski definition) is 2. The van der Waals surface area contributed by atoms with Gasteiger partial charge in [0.05, 0.1) is 6.10 Å². The van der Waals surface area contributed by atoms with Crippen LogP contribution >= 0.6 is 0 Å². The van der Waals surface area contributed by atoms with E-state index in [1.165, 1.54) is 0 Å². The number of aliphatic hydroxyl groups is 1. The van der Waals surface area contributed by atoms with Crippen LogP contribution in [0.15, 0.2) is 0 Å². The van der Waals surface area contributed by atoms with Crippen molar-refractivity contribution in [2.75, 3.05) is 6.54 Å². The zero-order chi connectivity index (χ0) is 7.56. The Balaban J connectivity index is 2.32. The van der Waals surface area contributed by atoms with E-state index in [0.29, 0.717) is 12.0 Å². The number of nitrogens with one attached hydrogen (secondary N) is 1. The van der Waals surface area contributed by atoms with Gasteiger partial charge in [0.25, 0.3) is 0 Å². The molecule has 2 heteroatoms. The summed E-state index contributed by atoms with van der Waals surface area (Å²) >= 11 is 0. The maximum atomic E-state index is 9.29. The Bertz CT molecular complexity index is 103. The van der Waals surface area contributed by atoms with Crippen LogP contribution in [-0.4, -0.2) is 23.8 Å². The number of rotatable bonds is 1. The highest BCUT2D eigenvalue weighted by atomic mass is 16.3. The zero-order valence-electron chi connectivity index (χ0n) is 6.80. The van der Waals surface area contributed by atoms with Crippen LogP contribution < -0.4 is 5.32 Å². The van der Waals surface area contributed by atoms with Crippen molar-refractivity contribution in [1.82, 2.24) is 5.32 Å². The topological polar surface area (TPSA) is 32.3 Å². The quantitative estimate of drug-likeness (QED) is 0.568. The van der Waals surface area contributed by atoms with Gasteiger partial charge in [-0.25, -0.2) is 0 Å². The normalized spacial score (nSPS) is 34.8. The molecule has 1 rings (SSSR count). The van der Waals surface area contributed by atoms with Crippen molar-refractivity contribution in [1.29, 1.82) is 0 Å². The van der Waals surface area contributed by atoms with E-state index in [9.17, 15) is 5.11 Å². The fourth-order valence-electron chi connectivity index (χ4n) is 1.44. The number of aliphatic hydroxyl groups excluding tert-OH is 1. The lowest BCUT2D eigenvalue weighted by Crippen LogP contribution is -2.43. The summed E-state index contributed by atoms with van der Waals surface area (Å²) in [6.07, 6.45) is 1.79. The summed E-state index contributed by atoms with van der Waals surface area (Å²) in [6.45, 7) is 5.36. The standard InChI is InChI=1S/C8H17NO/c1-6(2)8-5-7(10)3-4-9-8/h6-10H,3-5H2,1-2H3. The van der Waals surface area contributed by atoms with Crippen molar-refractivity contribution in [3.63, 3.8) is 0 Å². The van der Waals surface area contributed by atoms with Gasteiger partial charge in [-0.05, 0) is 25.3 Å². The molecule has 0 spiro atoms. The molecule has 0 aromatic rings. The van der Waals surface area contributed by atoms with Gasteiger partial charge in [0, 0.05) is 6.04 Å². The van der Waals surface area contributed by atoms with Crippen LogP contribution in [0, 0.1) is 5.92 Å². The molecule has 1 fully saturated rings. The first-order valence-electron chi connectivity index (χ1n) is 4.11. The first kappa shape index (κ1) is 8.02. The number of piperidine rings is 1. The molecule has 10 heavy (non-hydrogen) atoms. The molecular weight excluding hydrogens is 126 g/mol. The smallest absolute Gasteiger partial charge is 0.0567 e. The molecule has 0 bridgehead atoms. The van der Waals surface area contributed by atoms with Gasteiger partial charge in [0.1, 0.15) is 0 Å². The van der Waals surface area contributed by atoms with Gasteiger partial charge in [0.15, 0.2) is 0 Å². The third kappa shape index (κ3) is 1.96. The molecule has 2 N–H and O–H groups in total. The predicted octanol–water partition coefficient (Wildman–Crippen LogP) is 0.755. The van der Waals surface area contributed by atoms with Crippen LogP contribution in [0.25, 0.3) is 0 Å². The predicted molar refractivity (Wildman–Crippen MR) is 41.9 cm³/mol. The molecule has 1 aliphatic rings. The second-order valence-electron chi connectivity index (χ2n) is 3.48. The van der Waals surface area contributed by atoms with Crippen molar-refractivity contribution < 1.29 is 5.11 Å². The van der Waals surface area contributed by atoms with E-state index in [-0.39, 0.29) is 6.10 Å². The van der Waals surface area contributed by atoms with Crippen LogP contribution in [0.2, 0.25) is 0 Å². The third-order valence-corrected chi connectivity index (χ3v) is 2.21. The maximum absolute atomic E-state index is 9.29.